The number of hydrogen-bond donors (Lipinski definition) is 2. The van der Waals surface area contributed by atoms with E-state index < -0.39 is 108 Å². The van der Waals surface area contributed by atoms with Gasteiger partial charge in [0, 0.05) is 62.5 Å². The molecule has 66 heavy (non-hydrogen) atoms. The minimum atomic E-state index is -1.43. The summed E-state index contributed by atoms with van der Waals surface area (Å²) in [6, 6.07) is 6.32. The standard InChI is InChI=1S/C50H79ClN2O13/c1-14-37-50(10)42(53(47(58)66-50)22-21-33-17-19-35(51)20-18-33)29(4)39(54)27(2)24-49(9,60-13)44(65-46-40(55)36(23-28(3)61-46)52(11)26-34-15-16-34)30(5)41(31(6)45(57)63-37)64-38-25-48(8,59-12)43(56)32(7)62-38/h17-20,27-32,34,36-38,40-44,46,55-56H,14-16,21-26H2,1-13H3/t27-,28-,29+,30+,31-,32+,36+,37-,38?,40-,41+,42-,43+,44-,46?,48-,49+,50-/m1/s1. The fourth-order valence-electron chi connectivity index (χ4n) is 11.5. The maximum Gasteiger partial charge on any atom is 0.410 e. The predicted molar refractivity (Wildman–Crippen MR) is 247 cm³/mol. The van der Waals surface area contributed by atoms with Gasteiger partial charge >= 0.3 is 12.1 Å². The van der Waals surface area contributed by atoms with Gasteiger partial charge in [0.25, 0.3) is 0 Å². The molecule has 1 aliphatic carbocycles. The van der Waals surface area contributed by atoms with Crippen LogP contribution in [-0.2, 0) is 53.9 Å². The number of cyclic esters (lactones) is 1. The Morgan fingerprint density at radius 3 is 2.15 bits per heavy atom. The summed E-state index contributed by atoms with van der Waals surface area (Å²) in [5, 5.41) is 23.9. The molecule has 2 unspecified atom stereocenters. The summed E-state index contributed by atoms with van der Waals surface area (Å²) in [7, 11) is 5.12. The topological polar surface area (TPSA) is 172 Å². The molecule has 5 fully saturated rings. The molecule has 1 aromatic rings. The number of ether oxygens (including phenoxy) is 8. The summed E-state index contributed by atoms with van der Waals surface area (Å²) in [6.45, 7) is 19.4. The lowest BCUT2D eigenvalue weighted by Crippen LogP contribution is -2.62. The number of methoxy groups -OCH3 is 2. The average Bonchev–Trinajstić information content (AvgIpc) is 4.06. The molecular weight excluding hydrogens is 872 g/mol. The van der Waals surface area contributed by atoms with Crippen LogP contribution in [0.25, 0.3) is 0 Å². The van der Waals surface area contributed by atoms with E-state index in [1.54, 1.807) is 51.8 Å². The highest BCUT2D eigenvalue weighted by atomic mass is 35.5. The van der Waals surface area contributed by atoms with Crippen molar-refractivity contribution in [2.24, 2.45) is 29.6 Å². The van der Waals surface area contributed by atoms with Gasteiger partial charge in [-0.25, -0.2) is 4.79 Å². The average molecular weight is 952 g/mol. The Morgan fingerprint density at radius 1 is 0.894 bits per heavy atom. The molecule has 18 atom stereocenters. The molecule has 5 aliphatic rings. The number of benzene rings is 1. The highest BCUT2D eigenvalue weighted by molar-refractivity contribution is 6.30. The number of amides is 1. The van der Waals surface area contributed by atoms with Crippen molar-refractivity contribution in [2.45, 2.75) is 198 Å². The van der Waals surface area contributed by atoms with Crippen molar-refractivity contribution in [1.29, 1.82) is 0 Å². The van der Waals surface area contributed by atoms with Crippen LogP contribution in [0, 0.1) is 29.6 Å². The first-order valence-electron chi connectivity index (χ1n) is 24.3. The van der Waals surface area contributed by atoms with Crippen LogP contribution >= 0.6 is 11.6 Å². The Hall–Kier alpha value is -2.44. The molecule has 0 spiro atoms. The third-order valence-electron chi connectivity index (χ3n) is 15.8. The number of nitrogens with zero attached hydrogens (tertiary/aromatic N) is 2. The zero-order chi connectivity index (χ0) is 48.6. The maximum absolute atomic E-state index is 15.1. The number of likely N-dealkylation sites (N-methyl/N-ethyl adjacent to an activating group) is 1. The summed E-state index contributed by atoms with van der Waals surface area (Å²) in [5.41, 5.74) is -2.78. The number of hydrogen-bond acceptors (Lipinski definition) is 14. The molecule has 4 saturated heterocycles. The van der Waals surface area contributed by atoms with Crippen molar-refractivity contribution in [1.82, 2.24) is 9.80 Å². The highest BCUT2D eigenvalue weighted by Crippen LogP contribution is 2.45. The van der Waals surface area contributed by atoms with E-state index in [-0.39, 0.29) is 43.7 Å². The van der Waals surface area contributed by atoms with Crippen LogP contribution in [0.5, 0.6) is 0 Å². The second-order valence-corrected chi connectivity index (χ2v) is 21.4. The van der Waals surface area contributed by atoms with Crippen LogP contribution < -0.4 is 0 Å². The van der Waals surface area contributed by atoms with Gasteiger partial charge < -0.3 is 53.0 Å². The molecule has 0 bridgehead atoms. The summed E-state index contributed by atoms with van der Waals surface area (Å²) in [6.07, 6.45) is -4.58. The Kier molecular flexibility index (Phi) is 17.1. The van der Waals surface area contributed by atoms with Gasteiger partial charge in [0.05, 0.1) is 47.6 Å². The van der Waals surface area contributed by atoms with Gasteiger partial charge in [0.15, 0.2) is 18.2 Å². The number of aliphatic hydroxyl groups excluding tert-OH is 2. The van der Waals surface area contributed by atoms with Crippen LogP contribution in [0.15, 0.2) is 24.3 Å². The lowest BCUT2D eigenvalue weighted by atomic mass is 9.73. The van der Waals surface area contributed by atoms with Crippen LogP contribution in [0.4, 0.5) is 4.79 Å². The minimum Gasteiger partial charge on any atom is -0.458 e. The molecule has 16 heteroatoms. The summed E-state index contributed by atoms with van der Waals surface area (Å²) < 4.78 is 51.9. The van der Waals surface area contributed by atoms with E-state index in [0.717, 1.165) is 24.9 Å². The number of fused-ring (bicyclic) bond motifs is 1. The molecule has 15 nitrogen and oxygen atoms in total. The van der Waals surface area contributed by atoms with Gasteiger partial charge in [-0.3, -0.25) is 14.5 Å². The van der Waals surface area contributed by atoms with Crippen LogP contribution in [0.1, 0.15) is 113 Å². The van der Waals surface area contributed by atoms with Crippen molar-refractivity contribution in [3.63, 3.8) is 0 Å². The fraction of sp³-hybridized carbons (Fsp3) is 0.820. The SMILES string of the molecule is CC[C@H]1OC(=O)[C@H](C)[C@@H](OC2C[C@@](C)(OC)[C@@H](O)[C@H](C)O2)[C@H](C)[C@@H](OC2O[C@H](C)C[C@H](N(C)CC3CC3)[C@H]2O)[C@@](C)(OC)C[C@@H](C)C(=O)[C@H](C)[C@H]2N(CCc3ccc(Cl)cc3)C(=O)O[C@]12C. The summed E-state index contributed by atoms with van der Waals surface area (Å²) in [5.74, 6) is -3.30. The number of halogens is 1. The predicted octanol–water partition coefficient (Wildman–Crippen LogP) is 6.58. The third-order valence-corrected chi connectivity index (χ3v) is 16.1. The van der Waals surface area contributed by atoms with Gasteiger partial charge in [0.1, 0.15) is 24.1 Å². The van der Waals surface area contributed by atoms with Gasteiger partial charge in [-0.2, -0.15) is 0 Å². The minimum absolute atomic E-state index is 0.132. The quantitative estimate of drug-likeness (QED) is 0.203. The number of ketones is 1. The van der Waals surface area contributed by atoms with Gasteiger partial charge in [0.2, 0.25) is 0 Å². The molecular formula is C50H79ClN2O13. The summed E-state index contributed by atoms with van der Waals surface area (Å²) in [4.78, 5) is 47.9. The molecule has 4 aliphatic heterocycles. The van der Waals surface area contributed by atoms with Gasteiger partial charge in [-0.05, 0) is 111 Å². The van der Waals surface area contributed by atoms with E-state index in [2.05, 4.69) is 4.90 Å². The molecule has 4 heterocycles. The molecule has 0 aromatic heterocycles. The maximum atomic E-state index is 15.1. The number of carbonyl (C=O) groups is 3. The van der Waals surface area contributed by atoms with Crippen molar-refractivity contribution in [2.75, 3.05) is 34.4 Å². The van der Waals surface area contributed by atoms with E-state index >= 15 is 4.79 Å². The first kappa shape index (κ1) is 52.9. The van der Waals surface area contributed by atoms with Crippen molar-refractivity contribution in [3.05, 3.63) is 34.9 Å². The third kappa shape index (κ3) is 11.1. The van der Waals surface area contributed by atoms with E-state index in [0.29, 0.717) is 23.8 Å². The molecule has 6 rings (SSSR count). The van der Waals surface area contributed by atoms with Crippen LogP contribution in [-0.4, -0.2) is 156 Å². The Balaban J connectivity index is 1.43. The lowest BCUT2D eigenvalue weighted by Gasteiger charge is -2.50. The van der Waals surface area contributed by atoms with Crippen LogP contribution in [0.3, 0.4) is 0 Å². The van der Waals surface area contributed by atoms with Gasteiger partial charge in [-0.15, -0.1) is 0 Å². The number of aliphatic hydroxyl groups is 2. The van der Waals surface area contributed by atoms with E-state index in [1.165, 1.54) is 7.11 Å². The first-order valence-corrected chi connectivity index (χ1v) is 24.6. The lowest BCUT2D eigenvalue weighted by molar-refractivity contribution is -0.319. The molecule has 1 aromatic carbocycles. The monoisotopic (exact) mass is 951 g/mol. The van der Waals surface area contributed by atoms with Gasteiger partial charge in [-0.1, -0.05) is 51.4 Å². The second-order valence-electron chi connectivity index (χ2n) is 20.9. The van der Waals surface area contributed by atoms with Crippen molar-refractivity contribution >= 4 is 29.4 Å². The molecule has 2 N–H and O–H groups in total. The Morgan fingerprint density at radius 2 is 1.55 bits per heavy atom. The molecule has 374 valence electrons. The first-order chi connectivity index (χ1) is 31.0. The highest BCUT2D eigenvalue weighted by Gasteiger charge is 2.61. The number of esters is 1. The zero-order valence-electron chi connectivity index (χ0n) is 41.6. The Bertz CT molecular complexity index is 1820. The van der Waals surface area contributed by atoms with E-state index in [9.17, 15) is 19.8 Å². The zero-order valence-corrected chi connectivity index (χ0v) is 42.3. The molecule has 1 amide bonds. The number of Topliss-reactive ketones (excluding diaryl/α,β-unsaturated/α-hetero) is 1. The van der Waals surface area contributed by atoms with E-state index in [1.807, 2.05) is 60.7 Å². The summed E-state index contributed by atoms with van der Waals surface area (Å²) >= 11 is 6.18. The number of rotatable bonds is 13. The normalized spacial score (nSPS) is 43.0. The smallest absolute Gasteiger partial charge is 0.410 e. The van der Waals surface area contributed by atoms with Crippen molar-refractivity contribution < 1.29 is 62.5 Å². The van der Waals surface area contributed by atoms with E-state index in [4.69, 9.17) is 49.5 Å². The Labute approximate surface area is 397 Å². The molecule has 0 radical (unpaired) electrons. The second kappa shape index (κ2) is 21.3. The molecule has 1 saturated carbocycles. The number of carbonyl (C=O) groups excluding carboxylic acids is 3. The fourth-order valence-corrected chi connectivity index (χ4v) is 11.7. The van der Waals surface area contributed by atoms with Crippen LogP contribution in [0.2, 0.25) is 5.02 Å². The van der Waals surface area contributed by atoms with Crippen molar-refractivity contribution in [3.8, 4) is 0 Å². The largest absolute Gasteiger partial charge is 0.458 e.